The highest BCUT2D eigenvalue weighted by Crippen LogP contribution is 2.31. The molecule has 1 heteroatoms. The van der Waals surface area contributed by atoms with Gasteiger partial charge in [0.15, 0.2) is 0 Å². The summed E-state index contributed by atoms with van der Waals surface area (Å²) in [5, 5.41) is 2.61. The first-order valence-corrected chi connectivity index (χ1v) is 6.23. The van der Waals surface area contributed by atoms with Gasteiger partial charge >= 0.3 is 0 Å². The second kappa shape index (κ2) is 4.23. The summed E-state index contributed by atoms with van der Waals surface area (Å²) in [6, 6.07) is 17.3. The molecule has 3 aromatic rings. The summed E-state index contributed by atoms with van der Waals surface area (Å²) in [6.07, 6.45) is 0. The standard InChI is InChI=1S/C17H15N/c1-3-8-13(2)18-16-11-6-4-9-14(16)15-10-5-7-12-17(15)18/h4-7,9-13H,1-2H3. The van der Waals surface area contributed by atoms with E-state index in [-0.39, 0.29) is 6.04 Å². The fourth-order valence-corrected chi connectivity index (χ4v) is 2.64. The third kappa shape index (κ3) is 1.50. The molecule has 1 atom stereocenters. The number of aromatic nitrogens is 1. The van der Waals surface area contributed by atoms with E-state index in [1.807, 2.05) is 6.92 Å². The summed E-state index contributed by atoms with van der Waals surface area (Å²) >= 11 is 0. The lowest BCUT2D eigenvalue weighted by Gasteiger charge is -2.10. The van der Waals surface area contributed by atoms with Gasteiger partial charge in [0, 0.05) is 10.8 Å². The Morgan fingerprint density at radius 1 is 0.889 bits per heavy atom. The van der Waals surface area contributed by atoms with Crippen molar-refractivity contribution in [1.29, 1.82) is 0 Å². The van der Waals surface area contributed by atoms with Gasteiger partial charge in [-0.25, -0.2) is 0 Å². The summed E-state index contributed by atoms with van der Waals surface area (Å²) in [4.78, 5) is 0. The van der Waals surface area contributed by atoms with E-state index < -0.39 is 0 Å². The molecule has 0 fully saturated rings. The second-order valence-corrected chi connectivity index (χ2v) is 4.47. The average Bonchev–Trinajstić information content (AvgIpc) is 2.73. The first kappa shape index (κ1) is 10.9. The molecule has 1 nitrogen and oxygen atoms in total. The highest BCUT2D eigenvalue weighted by molar-refractivity contribution is 6.08. The molecule has 0 radical (unpaired) electrons. The summed E-state index contributed by atoms with van der Waals surface area (Å²) in [5.41, 5.74) is 2.52. The van der Waals surface area contributed by atoms with Crippen LogP contribution < -0.4 is 0 Å². The average molecular weight is 233 g/mol. The van der Waals surface area contributed by atoms with Crippen molar-refractivity contribution in [3.63, 3.8) is 0 Å². The van der Waals surface area contributed by atoms with E-state index in [1.54, 1.807) is 0 Å². The van der Waals surface area contributed by atoms with Crippen molar-refractivity contribution in [2.45, 2.75) is 19.9 Å². The maximum Gasteiger partial charge on any atom is 0.0924 e. The van der Waals surface area contributed by atoms with Crippen LogP contribution >= 0.6 is 0 Å². The molecule has 1 aromatic heterocycles. The van der Waals surface area contributed by atoms with Crippen LogP contribution in [-0.2, 0) is 0 Å². The lowest BCUT2D eigenvalue weighted by Crippen LogP contribution is -2.01. The predicted octanol–water partition coefficient (Wildman–Crippen LogP) is 4.38. The van der Waals surface area contributed by atoms with Crippen molar-refractivity contribution in [2.24, 2.45) is 0 Å². The number of para-hydroxylation sites is 2. The summed E-state index contributed by atoms with van der Waals surface area (Å²) in [6.45, 7) is 4.04. The van der Waals surface area contributed by atoms with E-state index in [2.05, 4.69) is 71.9 Å². The topological polar surface area (TPSA) is 4.93 Å². The normalized spacial score (nSPS) is 12.3. The van der Waals surface area contributed by atoms with E-state index in [0.717, 1.165) is 0 Å². The van der Waals surface area contributed by atoms with Crippen molar-refractivity contribution in [1.82, 2.24) is 4.57 Å². The van der Waals surface area contributed by atoms with Gasteiger partial charge in [0.1, 0.15) is 0 Å². The van der Waals surface area contributed by atoms with E-state index in [0.29, 0.717) is 0 Å². The van der Waals surface area contributed by atoms with Crippen LogP contribution in [-0.4, -0.2) is 4.57 Å². The zero-order valence-corrected chi connectivity index (χ0v) is 10.6. The molecule has 0 N–H and O–H groups in total. The molecule has 0 amide bonds. The number of hydrogen-bond donors (Lipinski definition) is 0. The lowest BCUT2D eigenvalue weighted by atomic mass is 10.2. The molecular weight excluding hydrogens is 218 g/mol. The van der Waals surface area contributed by atoms with E-state index >= 15 is 0 Å². The minimum absolute atomic E-state index is 0.194. The van der Waals surface area contributed by atoms with Crippen LogP contribution in [0, 0.1) is 11.8 Å². The van der Waals surface area contributed by atoms with Gasteiger partial charge in [-0.1, -0.05) is 42.3 Å². The Kier molecular flexibility index (Phi) is 2.57. The third-order valence-corrected chi connectivity index (χ3v) is 3.36. The molecular formula is C17H15N. The molecule has 0 bridgehead atoms. The maximum atomic E-state index is 3.25. The monoisotopic (exact) mass is 233 g/mol. The van der Waals surface area contributed by atoms with Gasteiger partial charge in [0.25, 0.3) is 0 Å². The Labute approximate surface area is 107 Å². The summed E-state index contributed by atoms with van der Waals surface area (Å²) in [5.74, 6) is 6.26. The van der Waals surface area contributed by atoms with Crippen LogP contribution in [0.2, 0.25) is 0 Å². The number of nitrogens with zero attached hydrogens (tertiary/aromatic N) is 1. The Hall–Kier alpha value is -2.20. The minimum Gasteiger partial charge on any atom is -0.326 e. The molecule has 88 valence electrons. The van der Waals surface area contributed by atoms with E-state index in [4.69, 9.17) is 0 Å². The van der Waals surface area contributed by atoms with Crippen LogP contribution in [0.3, 0.4) is 0 Å². The Bertz CT molecular complexity index is 715. The van der Waals surface area contributed by atoms with Crippen LogP contribution in [0.15, 0.2) is 48.5 Å². The van der Waals surface area contributed by atoms with Crippen LogP contribution in [0.1, 0.15) is 19.9 Å². The quantitative estimate of drug-likeness (QED) is 0.550. The summed E-state index contributed by atoms with van der Waals surface area (Å²) < 4.78 is 2.32. The van der Waals surface area contributed by atoms with Gasteiger partial charge < -0.3 is 4.57 Å². The fraction of sp³-hybridized carbons (Fsp3) is 0.176. The zero-order valence-electron chi connectivity index (χ0n) is 10.6. The molecule has 0 aliphatic rings. The molecule has 1 heterocycles. The molecule has 0 aliphatic heterocycles. The minimum atomic E-state index is 0.194. The molecule has 3 rings (SSSR count). The van der Waals surface area contributed by atoms with Gasteiger partial charge in [0.05, 0.1) is 17.1 Å². The largest absolute Gasteiger partial charge is 0.326 e. The van der Waals surface area contributed by atoms with Crippen molar-refractivity contribution >= 4 is 21.8 Å². The SMILES string of the molecule is CC#CC(C)n1c2ccccc2c2ccccc21. The van der Waals surface area contributed by atoms with Crippen molar-refractivity contribution < 1.29 is 0 Å². The highest BCUT2D eigenvalue weighted by atomic mass is 15.0. The Morgan fingerprint density at radius 3 is 1.89 bits per heavy atom. The molecule has 18 heavy (non-hydrogen) atoms. The molecule has 0 saturated heterocycles. The molecule has 1 unspecified atom stereocenters. The summed E-state index contributed by atoms with van der Waals surface area (Å²) in [7, 11) is 0. The van der Waals surface area contributed by atoms with Gasteiger partial charge in [-0.3, -0.25) is 0 Å². The molecule has 0 saturated carbocycles. The number of fused-ring (bicyclic) bond motifs is 3. The zero-order chi connectivity index (χ0) is 12.5. The third-order valence-electron chi connectivity index (χ3n) is 3.36. The molecule has 0 spiro atoms. The first-order valence-electron chi connectivity index (χ1n) is 6.23. The molecule has 0 aliphatic carbocycles. The fourth-order valence-electron chi connectivity index (χ4n) is 2.64. The maximum absolute atomic E-state index is 3.25. The number of benzene rings is 2. The van der Waals surface area contributed by atoms with Crippen LogP contribution in [0.4, 0.5) is 0 Å². The predicted molar refractivity (Wildman–Crippen MR) is 77.6 cm³/mol. The Balaban J connectivity index is 2.47. The number of rotatable bonds is 1. The van der Waals surface area contributed by atoms with Gasteiger partial charge in [0.2, 0.25) is 0 Å². The lowest BCUT2D eigenvalue weighted by molar-refractivity contribution is 0.734. The van der Waals surface area contributed by atoms with E-state index in [1.165, 1.54) is 21.8 Å². The van der Waals surface area contributed by atoms with Gasteiger partial charge in [-0.05, 0) is 26.0 Å². The van der Waals surface area contributed by atoms with E-state index in [9.17, 15) is 0 Å². The Morgan fingerprint density at radius 2 is 1.39 bits per heavy atom. The van der Waals surface area contributed by atoms with Crippen LogP contribution in [0.25, 0.3) is 21.8 Å². The van der Waals surface area contributed by atoms with Crippen molar-refractivity contribution in [2.75, 3.05) is 0 Å². The molecule has 2 aromatic carbocycles. The highest BCUT2D eigenvalue weighted by Gasteiger charge is 2.12. The van der Waals surface area contributed by atoms with Gasteiger partial charge in [-0.2, -0.15) is 0 Å². The first-order chi connectivity index (χ1) is 8.83. The van der Waals surface area contributed by atoms with Gasteiger partial charge in [-0.15, -0.1) is 5.92 Å². The van der Waals surface area contributed by atoms with Crippen molar-refractivity contribution in [3.8, 4) is 11.8 Å². The van der Waals surface area contributed by atoms with Crippen molar-refractivity contribution in [3.05, 3.63) is 48.5 Å². The second-order valence-electron chi connectivity index (χ2n) is 4.47. The van der Waals surface area contributed by atoms with Crippen LogP contribution in [0.5, 0.6) is 0 Å². The smallest absolute Gasteiger partial charge is 0.0924 e. The number of hydrogen-bond acceptors (Lipinski definition) is 0.